The average Bonchev–Trinajstić information content (AvgIpc) is 3.28. The highest BCUT2D eigenvalue weighted by atomic mass is 16.6. The Morgan fingerprint density at radius 2 is 1.26 bits per heavy atom. The third-order valence-corrected chi connectivity index (χ3v) is 3.18. The molecule has 1 saturated heterocycles. The number of epoxide rings is 1. The van der Waals surface area contributed by atoms with Crippen molar-refractivity contribution >= 4 is 0 Å². The minimum atomic E-state index is -0.0118. The van der Waals surface area contributed by atoms with Crippen LogP contribution < -0.4 is 0 Å². The maximum absolute atomic E-state index is 8.89. The molecule has 0 aliphatic carbocycles. The molecule has 0 aromatic heterocycles. The van der Waals surface area contributed by atoms with Gasteiger partial charge in [0.1, 0.15) is 12.2 Å². The summed E-state index contributed by atoms with van der Waals surface area (Å²) in [6, 6.07) is 19.1. The van der Waals surface area contributed by atoms with Crippen LogP contribution in [0.2, 0.25) is 0 Å². The summed E-state index contributed by atoms with van der Waals surface area (Å²) in [5.74, 6) is 0. The van der Waals surface area contributed by atoms with E-state index < -0.39 is 0 Å². The fraction of sp³-hybridized carbons (Fsp3) is 0.125. The topological polar surface area (TPSA) is 60.1 Å². The molecule has 0 saturated carbocycles. The van der Waals surface area contributed by atoms with E-state index in [1.807, 2.05) is 36.4 Å². The van der Waals surface area contributed by atoms with Crippen LogP contribution in [0, 0.1) is 22.7 Å². The first-order chi connectivity index (χ1) is 9.31. The fourth-order valence-corrected chi connectivity index (χ4v) is 2.19. The van der Waals surface area contributed by atoms with Gasteiger partial charge in [0.15, 0.2) is 0 Å². The second-order valence-corrected chi connectivity index (χ2v) is 4.45. The minimum Gasteiger partial charge on any atom is -0.359 e. The van der Waals surface area contributed by atoms with Gasteiger partial charge < -0.3 is 4.74 Å². The van der Waals surface area contributed by atoms with Crippen molar-refractivity contribution in [3.63, 3.8) is 0 Å². The Balaban J connectivity index is 1.84. The Morgan fingerprint density at radius 1 is 0.789 bits per heavy atom. The van der Waals surface area contributed by atoms with Gasteiger partial charge in [0.2, 0.25) is 0 Å². The largest absolute Gasteiger partial charge is 0.359 e. The van der Waals surface area contributed by atoms with Gasteiger partial charge in [-0.3, -0.25) is 0 Å². The highest BCUT2D eigenvalue weighted by Crippen LogP contribution is 2.50. The van der Waals surface area contributed by atoms with Gasteiger partial charge in [-0.05, 0) is 35.4 Å². The Morgan fingerprint density at radius 3 is 1.68 bits per heavy atom. The van der Waals surface area contributed by atoms with Gasteiger partial charge in [-0.1, -0.05) is 24.3 Å². The summed E-state index contributed by atoms with van der Waals surface area (Å²) >= 11 is 0. The van der Waals surface area contributed by atoms with E-state index in [0.29, 0.717) is 11.1 Å². The Hall–Kier alpha value is -2.62. The highest BCUT2D eigenvalue weighted by Gasteiger charge is 2.41. The molecule has 19 heavy (non-hydrogen) atoms. The first-order valence-corrected chi connectivity index (χ1v) is 5.97. The Labute approximate surface area is 111 Å². The maximum Gasteiger partial charge on any atom is 0.114 e. The SMILES string of the molecule is N#Cc1cccc([C@@H]2O[C@H]2c2cccc(C#N)c2)c1. The summed E-state index contributed by atoms with van der Waals surface area (Å²) in [4.78, 5) is 0. The summed E-state index contributed by atoms with van der Waals surface area (Å²) in [5, 5.41) is 17.8. The zero-order valence-corrected chi connectivity index (χ0v) is 10.1. The number of ether oxygens (including phenoxy) is 1. The zero-order valence-electron chi connectivity index (χ0n) is 10.1. The molecule has 0 bridgehead atoms. The van der Waals surface area contributed by atoms with Crippen LogP contribution in [-0.2, 0) is 4.74 Å². The van der Waals surface area contributed by atoms with Crippen molar-refractivity contribution in [2.24, 2.45) is 0 Å². The zero-order chi connectivity index (χ0) is 13.2. The molecule has 2 aromatic rings. The maximum atomic E-state index is 8.89. The van der Waals surface area contributed by atoms with Gasteiger partial charge in [0, 0.05) is 0 Å². The number of nitriles is 2. The quantitative estimate of drug-likeness (QED) is 0.764. The molecule has 2 atom stereocenters. The second kappa shape index (κ2) is 4.57. The molecule has 1 aliphatic rings. The fourth-order valence-electron chi connectivity index (χ4n) is 2.19. The van der Waals surface area contributed by atoms with Crippen molar-refractivity contribution in [3.8, 4) is 12.1 Å². The molecule has 1 aliphatic heterocycles. The first-order valence-electron chi connectivity index (χ1n) is 5.97. The predicted octanol–water partition coefficient (Wildman–Crippen LogP) is 3.24. The predicted molar refractivity (Wildman–Crippen MR) is 68.9 cm³/mol. The van der Waals surface area contributed by atoms with E-state index >= 15 is 0 Å². The molecule has 1 heterocycles. The number of rotatable bonds is 2. The van der Waals surface area contributed by atoms with Crippen LogP contribution in [0.25, 0.3) is 0 Å². The van der Waals surface area contributed by atoms with Crippen LogP contribution in [0.3, 0.4) is 0 Å². The van der Waals surface area contributed by atoms with Gasteiger partial charge in [-0.25, -0.2) is 0 Å². The third kappa shape index (κ3) is 2.20. The van der Waals surface area contributed by atoms with Crippen LogP contribution >= 0.6 is 0 Å². The van der Waals surface area contributed by atoms with E-state index in [1.54, 1.807) is 12.1 Å². The summed E-state index contributed by atoms with van der Waals surface area (Å²) in [6.07, 6.45) is -0.0236. The minimum absolute atomic E-state index is 0.0118. The normalized spacial score (nSPS) is 20.3. The van der Waals surface area contributed by atoms with Gasteiger partial charge in [0.25, 0.3) is 0 Å². The van der Waals surface area contributed by atoms with E-state index in [1.165, 1.54) is 0 Å². The average molecular weight is 246 g/mol. The Bertz CT molecular complexity index is 648. The third-order valence-electron chi connectivity index (χ3n) is 3.18. The Kier molecular flexibility index (Phi) is 2.76. The lowest BCUT2D eigenvalue weighted by Crippen LogP contribution is -1.86. The van der Waals surface area contributed by atoms with E-state index in [-0.39, 0.29) is 12.2 Å². The summed E-state index contributed by atoms with van der Waals surface area (Å²) in [5.41, 5.74) is 3.29. The lowest BCUT2D eigenvalue weighted by Gasteiger charge is -1.98. The monoisotopic (exact) mass is 246 g/mol. The molecule has 0 unspecified atom stereocenters. The molecule has 0 radical (unpaired) electrons. The van der Waals surface area contributed by atoms with Crippen LogP contribution in [0.1, 0.15) is 34.5 Å². The van der Waals surface area contributed by atoms with Gasteiger partial charge in [0.05, 0.1) is 23.3 Å². The molecule has 3 rings (SSSR count). The van der Waals surface area contributed by atoms with Gasteiger partial charge in [-0.2, -0.15) is 10.5 Å². The first kappa shape index (κ1) is 11.5. The summed E-state index contributed by atoms with van der Waals surface area (Å²) < 4.78 is 5.67. The van der Waals surface area contributed by atoms with Crippen molar-refractivity contribution in [1.82, 2.24) is 0 Å². The van der Waals surface area contributed by atoms with Gasteiger partial charge >= 0.3 is 0 Å². The van der Waals surface area contributed by atoms with Crippen molar-refractivity contribution in [2.75, 3.05) is 0 Å². The number of hydrogen-bond donors (Lipinski definition) is 0. The molecular formula is C16H10N2O. The number of nitrogens with zero attached hydrogens (tertiary/aromatic N) is 2. The summed E-state index contributed by atoms with van der Waals surface area (Å²) in [7, 11) is 0. The molecule has 3 nitrogen and oxygen atoms in total. The number of benzene rings is 2. The molecule has 0 amide bonds. The van der Waals surface area contributed by atoms with E-state index in [9.17, 15) is 0 Å². The lowest BCUT2D eigenvalue weighted by atomic mass is 10.0. The van der Waals surface area contributed by atoms with E-state index in [0.717, 1.165) is 11.1 Å². The summed E-state index contributed by atoms with van der Waals surface area (Å²) in [6.45, 7) is 0. The van der Waals surface area contributed by atoms with Crippen LogP contribution in [0.5, 0.6) is 0 Å². The van der Waals surface area contributed by atoms with E-state index in [4.69, 9.17) is 15.3 Å². The molecule has 1 fully saturated rings. The highest BCUT2D eigenvalue weighted by molar-refractivity contribution is 5.39. The number of hydrogen-bond acceptors (Lipinski definition) is 3. The molecule has 0 spiro atoms. The standard InChI is InChI=1S/C16H10N2O/c17-9-11-3-1-5-13(7-11)15-16(19-15)14-6-2-4-12(8-14)10-18/h1-8,15-16H/t15-,16-/m0/s1. The van der Waals surface area contributed by atoms with Crippen molar-refractivity contribution in [1.29, 1.82) is 10.5 Å². The molecule has 90 valence electrons. The molecular weight excluding hydrogens is 236 g/mol. The van der Waals surface area contributed by atoms with Crippen LogP contribution in [-0.4, -0.2) is 0 Å². The second-order valence-electron chi connectivity index (χ2n) is 4.45. The van der Waals surface area contributed by atoms with Crippen LogP contribution in [0.4, 0.5) is 0 Å². The van der Waals surface area contributed by atoms with Crippen molar-refractivity contribution in [3.05, 3.63) is 70.8 Å². The van der Waals surface area contributed by atoms with Crippen LogP contribution in [0.15, 0.2) is 48.5 Å². The molecule has 0 N–H and O–H groups in total. The smallest absolute Gasteiger partial charge is 0.114 e. The molecule has 2 aromatic carbocycles. The van der Waals surface area contributed by atoms with Crippen molar-refractivity contribution < 1.29 is 4.74 Å². The van der Waals surface area contributed by atoms with Crippen molar-refractivity contribution in [2.45, 2.75) is 12.2 Å². The lowest BCUT2D eigenvalue weighted by molar-refractivity contribution is 0.377. The molecule has 3 heteroatoms. The van der Waals surface area contributed by atoms with E-state index in [2.05, 4.69) is 12.1 Å². The van der Waals surface area contributed by atoms with Gasteiger partial charge in [-0.15, -0.1) is 0 Å².